The van der Waals surface area contributed by atoms with Gasteiger partial charge in [0, 0.05) is 29.1 Å². The molecule has 27 heavy (non-hydrogen) atoms. The molecule has 2 bridgehead atoms. The van der Waals surface area contributed by atoms with E-state index in [2.05, 4.69) is 10.2 Å². The summed E-state index contributed by atoms with van der Waals surface area (Å²) >= 11 is 1.33. The summed E-state index contributed by atoms with van der Waals surface area (Å²) in [6.45, 7) is 3.09. The molecule has 0 saturated carbocycles. The van der Waals surface area contributed by atoms with E-state index in [0.29, 0.717) is 16.4 Å². The molecular weight excluding hydrogens is 362 g/mol. The molecule has 3 aliphatic heterocycles. The summed E-state index contributed by atoms with van der Waals surface area (Å²) in [6.07, 6.45) is 2.22. The first-order valence-corrected chi connectivity index (χ1v) is 9.96. The number of hydrogen-bond acceptors (Lipinski definition) is 5. The lowest BCUT2D eigenvalue weighted by Gasteiger charge is -2.44. The van der Waals surface area contributed by atoms with Crippen molar-refractivity contribution in [2.75, 3.05) is 19.6 Å². The van der Waals surface area contributed by atoms with Gasteiger partial charge in [0.2, 0.25) is 0 Å². The van der Waals surface area contributed by atoms with Gasteiger partial charge in [-0.05, 0) is 56.1 Å². The van der Waals surface area contributed by atoms with Crippen LogP contribution >= 0.6 is 11.8 Å². The summed E-state index contributed by atoms with van der Waals surface area (Å²) in [4.78, 5) is 27.6. The zero-order chi connectivity index (χ0) is 18.8. The first-order chi connectivity index (χ1) is 13.1. The molecule has 3 fully saturated rings. The number of hydrogen-bond donors (Lipinski definition) is 1. The first kappa shape index (κ1) is 18.0. The van der Waals surface area contributed by atoms with Crippen LogP contribution in [0, 0.1) is 16.0 Å². The van der Waals surface area contributed by atoms with Gasteiger partial charge in [0.05, 0.1) is 9.82 Å². The number of rotatable bonds is 5. The first-order valence-electron chi connectivity index (χ1n) is 9.15. The Labute approximate surface area is 162 Å². The van der Waals surface area contributed by atoms with Gasteiger partial charge in [-0.2, -0.15) is 0 Å². The minimum Gasteiger partial charge on any atom is -0.348 e. The van der Waals surface area contributed by atoms with Gasteiger partial charge < -0.3 is 10.2 Å². The molecule has 3 heterocycles. The molecule has 1 atom stereocenters. The van der Waals surface area contributed by atoms with Gasteiger partial charge in [0.1, 0.15) is 0 Å². The van der Waals surface area contributed by atoms with E-state index < -0.39 is 4.92 Å². The SMILES string of the molecule is O=C(N[C@H]1CN2CCC1CC2)c1ccc(Sc2ccccc2)c([N+](=O)[O-])c1. The molecule has 3 saturated heterocycles. The van der Waals surface area contributed by atoms with Crippen LogP contribution in [0.15, 0.2) is 58.3 Å². The minimum absolute atomic E-state index is 0.0367. The minimum atomic E-state index is -0.420. The van der Waals surface area contributed by atoms with Crippen LogP contribution in [0.25, 0.3) is 0 Å². The smallest absolute Gasteiger partial charge is 0.284 e. The van der Waals surface area contributed by atoms with Crippen molar-refractivity contribution in [1.82, 2.24) is 10.2 Å². The number of nitrogens with one attached hydrogen (secondary N) is 1. The van der Waals surface area contributed by atoms with E-state index in [9.17, 15) is 14.9 Å². The lowest BCUT2D eigenvalue weighted by Crippen LogP contribution is -2.57. The van der Waals surface area contributed by atoms with E-state index in [1.54, 1.807) is 12.1 Å². The molecule has 0 unspecified atom stereocenters. The van der Waals surface area contributed by atoms with Crippen LogP contribution in [0.4, 0.5) is 5.69 Å². The number of piperidine rings is 3. The Bertz CT molecular complexity index is 851. The van der Waals surface area contributed by atoms with E-state index in [1.807, 2.05) is 30.3 Å². The van der Waals surface area contributed by atoms with Crippen LogP contribution in [0.3, 0.4) is 0 Å². The molecule has 5 rings (SSSR count). The molecule has 6 nitrogen and oxygen atoms in total. The van der Waals surface area contributed by atoms with Gasteiger partial charge >= 0.3 is 0 Å². The van der Waals surface area contributed by atoms with Gasteiger partial charge in [0.15, 0.2) is 0 Å². The number of amides is 1. The van der Waals surface area contributed by atoms with E-state index >= 15 is 0 Å². The summed E-state index contributed by atoms with van der Waals surface area (Å²) in [6, 6.07) is 14.4. The lowest BCUT2D eigenvalue weighted by atomic mass is 9.84. The zero-order valence-electron chi connectivity index (χ0n) is 14.8. The Hall–Kier alpha value is -2.38. The molecular formula is C20H21N3O3S. The molecule has 7 heteroatoms. The largest absolute Gasteiger partial charge is 0.348 e. The van der Waals surface area contributed by atoms with E-state index in [0.717, 1.165) is 37.4 Å². The van der Waals surface area contributed by atoms with Crippen molar-refractivity contribution in [2.45, 2.75) is 28.7 Å². The summed E-state index contributed by atoms with van der Waals surface area (Å²) in [7, 11) is 0. The number of nitro groups is 1. The van der Waals surface area contributed by atoms with Crippen molar-refractivity contribution in [1.29, 1.82) is 0 Å². The molecule has 2 aromatic carbocycles. The van der Waals surface area contributed by atoms with Crippen molar-refractivity contribution in [3.63, 3.8) is 0 Å². The molecule has 1 N–H and O–H groups in total. The highest BCUT2D eigenvalue weighted by atomic mass is 32.2. The van der Waals surface area contributed by atoms with Crippen LogP contribution in [0.1, 0.15) is 23.2 Å². The number of carbonyl (C=O) groups excluding carboxylic acids is 1. The third-order valence-corrected chi connectivity index (χ3v) is 6.43. The van der Waals surface area contributed by atoms with Crippen LogP contribution in [0.2, 0.25) is 0 Å². The maximum absolute atomic E-state index is 12.7. The van der Waals surface area contributed by atoms with Crippen molar-refractivity contribution in [3.8, 4) is 0 Å². The molecule has 0 radical (unpaired) electrons. The van der Waals surface area contributed by atoms with Crippen LogP contribution in [-0.2, 0) is 0 Å². The fourth-order valence-electron chi connectivity index (χ4n) is 3.88. The molecule has 1 amide bonds. The standard InChI is InChI=1S/C20H21N3O3S/c24-20(21-17-13-22-10-8-14(17)9-11-22)15-6-7-19(18(12-15)23(25)26)27-16-4-2-1-3-5-16/h1-7,12,14,17H,8-11,13H2,(H,21,24)/t17-/m0/s1. The van der Waals surface area contributed by atoms with E-state index in [1.165, 1.54) is 17.8 Å². The lowest BCUT2D eigenvalue weighted by molar-refractivity contribution is -0.387. The fourth-order valence-corrected chi connectivity index (χ4v) is 4.80. The molecule has 0 aliphatic carbocycles. The van der Waals surface area contributed by atoms with Crippen molar-refractivity contribution in [2.24, 2.45) is 5.92 Å². The van der Waals surface area contributed by atoms with Crippen LogP contribution < -0.4 is 5.32 Å². The van der Waals surface area contributed by atoms with Crippen LogP contribution in [0.5, 0.6) is 0 Å². The topological polar surface area (TPSA) is 75.5 Å². The highest BCUT2D eigenvalue weighted by molar-refractivity contribution is 7.99. The van der Waals surface area contributed by atoms with Gasteiger partial charge in [-0.1, -0.05) is 30.0 Å². The van der Waals surface area contributed by atoms with E-state index in [-0.39, 0.29) is 17.6 Å². The second kappa shape index (κ2) is 7.70. The summed E-state index contributed by atoms with van der Waals surface area (Å²) in [5, 5.41) is 14.6. The maximum atomic E-state index is 12.7. The summed E-state index contributed by atoms with van der Waals surface area (Å²) in [5.74, 6) is 0.287. The Morgan fingerprint density at radius 3 is 2.52 bits per heavy atom. The van der Waals surface area contributed by atoms with Crippen LogP contribution in [-0.4, -0.2) is 41.4 Å². The molecule has 0 spiro atoms. The predicted molar refractivity (Wildman–Crippen MR) is 104 cm³/mol. The average Bonchev–Trinajstić information content (AvgIpc) is 2.70. The van der Waals surface area contributed by atoms with Gasteiger partial charge in [-0.25, -0.2) is 0 Å². The Morgan fingerprint density at radius 1 is 1.15 bits per heavy atom. The molecule has 0 aromatic heterocycles. The number of fused-ring (bicyclic) bond motifs is 3. The monoisotopic (exact) mass is 383 g/mol. The molecule has 3 aliphatic rings. The van der Waals surface area contributed by atoms with Gasteiger partial charge in [-0.3, -0.25) is 14.9 Å². The number of benzene rings is 2. The second-order valence-electron chi connectivity index (χ2n) is 7.07. The Morgan fingerprint density at radius 2 is 1.89 bits per heavy atom. The van der Waals surface area contributed by atoms with Crippen molar-refractivity contribution < 1.29 is 9.72 Å². The maximum Gasteiger partial charge on any atom is 0.284 e. The number of carbonyl (C=O) groups is 1. The Kier molecular flexibility index (Phi) is 5.13. The third kappa shape index (κ3) is 3.99. The summed E-state index contributed by atoms with van der Waals surface area (Å²) in [5.41, 5.74) is 0.306. The predicted octanol–water partition coefficient (Wildman–Crippen LogP) is 3.57. The molecule has 2 aromatic rings. The quantitative estimate of drug-likeness (QED) is 0.631. The third-order valence-electron chi connectivity index (χ3n) is 5.36. The molecule has 140 valence electrons. The number of nitrogens with zero attached hydrogens (tertiary/aromatic N) is 2. The fraction of sp³-hybridized carbons (Fsp3) is 0.350. The highest BCUT2D eigenvalue weighted by Crippen LogP contribution is 2.35. The van der Waals surface area contributed by atoms with Gasteiger partial charge in [-0.15, -0.1) is 0 Å². The zero-order valence-corrected chi connectivity index (χ0v) is 15.7. The van der Waals surface area contributed by atoms with E-state index in [4.69, 9.17) is 0 Å². The number of nitro benzene ring substituents is 1. The second-order valence-corrected chi connectivity index (χ2v) is 8.19. The average molecular weight is 383 g/mol. The summed E-state index contributed by atoms with van der Waals surface area (Å²) < 4.78 is 0. The van der Waals surface area contributed by atoms with Gasteiger partial charge in [0.25, 0.3) is 11.6 Å². The normalized spacial score (nSPS) is 23.8. The Balaban J connectivity index is 1.52. The highest BCUT2D eigenvalue weighted by Gasteiger charge is 2.35. The van der Waals surface area contributed by atoms with Crippen molar-refractivity contribution >= 4 is 23.4 Å². The van der Waals surface area contributed by atoms with Crippen molar-refractivity contribution in [3.05, 3.63) is 64.2 Å².